The topological polar surface area (TPSA) is 54.4 Å². The van der Waals surface area contributed by atoms with E-state index in [0.717, 1.165) is 0 Å². The molecular formula is C11H13FO3S. The first-order chi connectivity index (χ1) is 7.45. The second kappa shape index (κ2) is 5.21. The molecule has 0 saturated heterocycles. The van der Waals surface area contributed by atoms with Crippen molar-refractivity contribution in [3.05, 3.63) is 30.1 Å². The van der Waals surface area contributed by atoms with E-state index in [1.807, 2.05) is 0 Å². The number of carboxylic acid groups (broad SMARTS) is 1. The Kier molecular flexibility index (Phi) is 4.18. The molecule has 88 valence electrons. The summed E-state index contributed by atoms with van der Waals surface area (Å²) < 4.78 is 25.3. The highest BCUT2D eigenvalue weighted by Crippen LogP contribution is 2.20. The highest BCUT2D eigenvalue weighted by atomic mass is 32.2. The van der Waals surface area contributed by atoms with Crippen LogP contribution < -0.4 is 0 Å². The number of carboxylic acids is 1. The first-order valence-corrected chi connectivity index (χ1v) is 6.04. The van der Waals surface area contributed by atoms with Gasteiger partial charge < -0.3 is 5.11 Å². The minimum atomic E-state index is -1.87. The predicted octanol–water partition coefficient (Wildman–Crippen LogP) is 2.04. The van der Waals surface area contributed by atoms with Crippen LogP contribution in [-0.4, -0.2) is 20.5 Å². The third-order valence-electron chi connectivity index (χ3n) is 2.13. The Labute approximate surface area is 95.8 Å². The lowest BCUT2D eigenvalue weighted by atomic mass is 10.1. The maximum atomic E-state index is 13.3. The highest BCUT2D eigenvalue weighted by Gasteiger charge is 2.30. The molecule has 0 heterocycles. The third kappa shape index (κ3) is 2.66. The van der Waals surface area contributed by atoms with Crippen molar-refractivity contribution in [2.24, 2.45) is 5.92 Å². The standard InChI is InChI=1S/C11H13FO3S/c1-7(2)10(11(13)14)16(15)9-6-4-3-5-8(9)12/h3-7,10H,1-2H3,(H,13,14). The normalized spacial score (nSPS) is 14.8. The Morgan fingerprint density at radius 1 is 1.38 bits per heavy atom. The molecule has 0 bridgehead atoms. The molecule has 1 aromatic rings. The predicted molar refractivity (Wildman–Crippen MR) is 59.1 cm³/mol. The van der Waals surface area contributed by atoms with Gasteiger partial charge in [-0.2, -0.15) is 0 Å². The first-order valence-electron chi connectivity index (χ1n) is 4.83. The number of rotatable bonds is 4. The number of benzene rings is 1. The Hall–Kier alpha value is -1.23. The molecule has 0 spiro atoms. The van der Waals surface area contributed by atoms with Gasteiger partial charge in [0, 0.05) is 0 Å². The molecule has 2 atom stereocenters. The van der Waals surface area contributed by atoms with Crippen LogP contribution in [0.2, 0.25) is 0 Å². The van der Waals surface area contributed by atoms with Gasteiger partial charge in [-0.3, -0.25) is 9.00 Å². The summed E-state index contributed by atoms with van der Waals surface area (Å²) in [6.07, 6.45) is 0. The van der Waals surface area contributed by atoms with Crippen LogP contribution >= 0.6 is 0 Å². The summed E-state index contributed by atoms with van der Waals surface area (Å²) in [5, 5.41) is 7.86. The second-order valence-electron chi connectivity index (χ2n) is 3.73. The summed E-state index contributed by atoms with van der Waals surface area (Å²) in [6, 6.07) is 5.53. The van der Waals surface area contributed by atoms with E-state index in [1.165, 1.54) is 24.3 Å². The van der Waals surface area contributed by atoms with E-state index in [4.69, 9.17) is 5.11 Å². The van der Waals surface area contributed by atoms with Gasteiger partial charge in [0.05, 0.1) is 15.7 Å². The molecule has 1 rings (SSSR count). The Morgan fingerprint density at radius 2 is 1.94 bits per heavy atom. The number of halogens is 1. The van der Waals surface area contributed by atoms with Crippen LogP contribution in [0.3, 0.4) is 0 Å². The average Bonchev–Trinajstić information content (AvgIpc) is 2.16. The lowest BCUT2D eigenvalue weighted by Crippen LogP contribution is -2.31. The number of carbonyl (C=O) groups is 1. The fraction of sp³-hybridized carbons (Fsp3) is 0.364. The van der Waals surface area contributed by atoms with Crippen LogP contribution in [0, 0.1) is 11.7 Å². The molecule has 2 unspecified atom stereocenters. The van der Waals surface area contributed by atoms with E-state index in [1.54, 1.807) is 13.8 Å². The SMILES string of the molecule is CC(C)C(C(=O)O)S(=O)c1ccccc1F. The zero-order valence-corrected chi connectivity index (χ0v) is 9.83. The van der Waals surface area contributed by atoms with Gasteiger partial charge in [0.15, 0.2) is 0 Å². The van der Waals surface area contributed by atoms with Crippen molar-refractivity contribution in [3.63, 3.8) is 0 Å². The molecule has 0 aliphatic rings. The molecule has 0 aliphatic heterocycles. The minimum absolute atomic E-state index is 0.0522. The van der Waals surface area contributed by atoms with Gasteiger partial charge in [-0.25, -0.2) is 4.39 Å². The second-order valence-corrected chi connectivity index (χ2v) is 5.27. The summed E-state index contributed by atoms with van der Waals surface area (Å²) in [5.74, 6) is -2.12. The summed E-state index contributed by atoms with van der Waals surface area (Å²) in [7, 11) is -1.87. The zero-order chi connectivity index (χ0) is 12.3. The lowest BCUT2D eigenvalue weighted by Gasteiger charge is -2.15. The summed E-state index contributed by atoms with van der Waals surface area (Å²) >= 11 is 0. The van der Waals surface area contributed by atoms with Gasteiger partial charge in [0.25, 0.3) is 0 Å². The molecule has 0 amide bonds. The van der Waals surface area contributed by atoms with Gasteiger partial charge in [0.1, 0.15) is 11.1 Å². The monoisotopic (exact) mass is 244 g/mol. The molecule has 0 radical (unpaired) electrons. The lowest BCUT2D eigenvalue weighted by molar-refractivity contribution is -0.137. The van der Waals surface area contributed by atoms with E-state index < -0.39 is 27.8 Å². The Bertz CT molecular complexity index is 417. The summed E-state index contributed by atoms with van der Waals surface area (Å²) in [6.45, 7) is 3.30. The average molecular weight is 244 g/mol. The number of hydrogen-bond donors (Lipinski definition) is 1. The van der Waals surface area contributed by atoms with Crippen molar-refractivity contribution in [3.8, 4) is 0 Å². The van der Waals surface area contributed by atoms with Gasteiger partial charge in [0.2, 0.25) is 0 Å². The van der Waals surface area contributed by atoms with Crippen LogP contribution in [0.4, 0.5) is 4.39 Å². The molecule has 3 nitrogen and oxygen atoms in total. The minimum Gasteiger partial charge on any atom is -0.480 e. The van der Waals surface area contributed by atoms with E-state index in [9.17, 15) is 13.4 Å². The molecule has 1 N–H and O–H groups in total. The van der Waals surface area contributed by atoms with Gasteiger partial charge in [-0.05, 0) is 18.1 Å². The third-order valence-corrected chi connectivity index (χ3v) is 4.10. The number of hydrogen-bond acceptors (Lipinski definition) is 2. The smallest absolute Gasteiger partial charge is 0.319 e. The van der Waals surface area contributed by atoms with Crippen molar-refractivity contribution in [2.75, 3.05) is 0 Å². The van der Waals surface area contributed by atoms with Gasteiger partial charge in [-0.15, -0.1) is 0 Å². The van der Waals surface area contributed by atoms with Crippen molar-refractivity contribution in [2.45, 2.75) is 24.0 Å². The fourth-order valence-electron chi connectivity index (χ4n) is 1.37. The van der Waals surface area contributed by atoms with E-state index in [2.05, 4.69) is 0 Å². The number of aliphatic carboxylic acids is 1. The van der Waals surface area contributed by atoms with Crippen LogP contribution in [0.15, 0.2) is 29.2 Å². The molecule has 0 aromatic heterocycles. The summed E-state index contributed by atoms with van der Waals surface area (Å²) in [4.78, 5) is 10.9. The Balaban J connectivity index is 3.10. The fourth-order valence-corrected chi connectivity index (χ4v) is 2.79. The zero-order valence-electron chi connectivity index (χ0n) is 9.01. The largest absolute Gasteiger partial charge is 0.480 e. The van der Waals surface area contributed by atoms with Crippen molar-refractivity contribution < 1.29 is 18.5 Å². The van der Waals surface area contributed by atoms with E-state index in [-0.39, 0.29) is 10.8 Å². The molecule has 5 heteroatoms. The summed E-state index contributed by atoms with van der Waals surface area (Å²) in [5.41, 5.74) is 0. The van der Waals surface area contributed by atoms with Crippen molar-refractivity contribution >= 4 is 16.8 Å². The van der Waals surface area contributed by atoms with E-state index >= 15 is 0 Å². The van der Waals surface area contributed by atoms with Crippen LogP contribution in [0.5, 0.6) is 0 Å². The molecule has 1 aromatic carbocycles. The van der Waals surface area contributed by atoms with Crippen LogP contribution in [0.1, 0.15) is 13.8 Å². The quantitative estimate of drug-likeness (QED) is 0.881. The maximum Gasteiger partial charge on any atom is 0.319 e. The van der Waals surface area contributed by atoms with Gasteiger partial charge >= 0.3 is 5.97 Å². The van der Waals surface area contributed by atoms with Crippen LogP contribution in [0.25, 0.3) is 0 Å². The van der Waals surface area contributed by atoms with Crippen molar-refractivity contribution in [1.82, 2.24) is 0 Å². The van der Waals surface area contributed by atoms with E-state index in [0.29, 0.717) is 0 Å². The Morgan fingerprint density at radius 3 is 2.38 bits per heavy atom. The van der Waals surface area contributed by atoms with Crippen molar-refractivity contribution in [1.29, 1.82) is 0 Å². The first kappa shape index (κ1) is 12.8. The highest BCUT2D eigenvalue weighted by molar-refractivity contribution is 7.86. The molecular weight excluding hydrogens is 231 g/mol. The molecule has 0 saturated carbocycles. The van der Waals surface area contributed by atoms with Gasteiger partial charge in [-0.1, -0.05) is 26.0 Å². The van der Waals surface area contributed by atoms with Crippen LogP contribution in [-0.2, 0) is 15.6 Å². The molecule has 0 aliphatic carbocycles. The molecule has 0 fully saturated rings. The maximum absolute atomic E-state index is 13.3. The molecule has 16 heavy (non-hydrogen) atoms.